The van der Waals surface area contributed by atoms with Gasteiger partial charge in [0, 0.05) is 13.1 Å². The summed E-state index contributed by atoms with van der Waals surface area (Å²) in [5.74, 6) is -0.466. The number of carboxylic acids is 1. The summed E-state index contributed by atoms with van der Waals surface area (Å²) in [4.78, 5) is 25.1. The molecule has 0 saturated carbocycles. The molecule has 0 bridgehead atoms. The van der Waals surface area contributed by atoms with Gasteiger partial charge < -0.3 is 15.3 Å². The first kappa shape index (κ1) is 15.8. The fourth-order valence-corrected chi connectivity index (χ4v) is 2.49. The number of nitrogens with one attached hydrogen (secondary N) is 1. The molecule has 0 spiro atoms. The lowest BCUT2D eigenvalue weighted by Gasteiger charge is -2.33. The average molecular weight is 270 g/mol. The molecule has 1 saturated heterocycles. The fraction of sp³-hybridized carbons (Fsp3) is 0.857. The summed E-state index contributed by atoms with van der Waals surface area (Å²) in [7, 11) is 0. The molecule has 0 radical (unpaired) electrons. The number of urea groups is 1. The molecule has 0 aromatic carbocycles. The molecular weight excluding hydrogens is 244 g/mol. The maximum atomic E-state index is 12.1. The highest BCUT2D eigenvalue weighted by Crippen LogP contribution is 2.19. The molecule has 1 rings (SSSR count). The second-order valence-electron chi connectivity index (χ2n) is 5.51. The van der Waals surface area contributed by atoms with E-state index >= 15 is 0 Å². The third kappa shape index (κ3) is 4.40. The van der Waals surface area contributed by atoms with E-state index in [0.29, 0.717) is 5.92 Å². The highest BCUT2D eigenvalue weighted by molar-refractivity contribution is 5.82. The van der Waals surface area contributed by atoms with Crippen LogP contribution < -0.4 is 5.32 Å². The smallest absolute Gasteiger partial charge is 0.326 e. The van der Waals surface area contributed by atoms with E-state index in [1.807, 2.05) is 13.8 Å². The van der Waals surface area contributed by atoms with Crippen molar-refractivity contribution in [2.24, 2.45) is 11.8 Å². The number of piperidine rings is 1. The summed E-state index contributed by atoms with van der Waals surface area (Å²) in [5.41, 5.74) is 0. The van der Waals surface area contributed by atoms with Gasteiger partial charge in [-0.3, -0.25) is 0 Å². The van der Waals surface area contributed by atoms with Gasteiger partial charge in [-0.1, -0.05) is 33.6 Å². The third-order valence-electron chi connectivity index (χ3n) is 4.14. The number of carboxylic acid groups (broad SMARTS) is 1. The summed E-state index contributed by atoms with van der Waals surface area (Å²) in [5, 5.41) is 11.9. The number of nitrogens with zero attached hydrogens (tertiary/aromatic N) is 1. The Morgan fingerprint density at radius 2 is 2.11 bits per heavy atom. The van der Waals surface area contributed by atoms with Gasteiger partial charge in [0.1, 0.15) is 6.04 Å². The number of carbonyl (C=O) groups is 2. The van der Waals surface area contributed by atoms with Crippen LogP contribution in [0.2, 0.25) is 0 Å². The minimum Gasteiger partial charge on any atom is -0.480 e. The van der Waals surface area contributed by atoms with Gasteiger partial charge in [0.15, 0.2) is 0 Å². The molecule has 1 aliphatic rings. The molecule has 1 heterocycles. The second-order valence-corrected chi connectivity index (χ2v) is 5.51. The van der Waals surface area contributed by atoms with E-state index in [2.05, 4.69) is 12.2 Å². The SMILES string of the molecule is CCC1CCCN(C(=O)N[C@H](C(=O)O)[C@@H](C)CC)C1. The van der Waals surface area contributed by atoms with Crippen LogP contribution in [0, 0.1) is 11.8 Å². The number of amides is 2. The van der Waals surface area contributed by atoms with Crippen LogP contribution in [0.4, 0.5) is 4.79 Å². The predicted octanol–water partition coefficient (Wildman–Crippen LogP) is 2.32. The van der Waals surface area contributed by atoms with E-state index < -0.39 is 12.0 Å². The Bertz CT molecular complexity index is 320. The highest BCUT2D eigenvalue weighted by atomic mass is 16.4. The number of hydrogen-bond donors (Lipinski definition) is 2. The lowest BCUT2D eigenvalue weighted by atomic mass is 9.96. The maximum absolute atomic E-state index is 12.1. The molecule has 19 heavy (non-hydrogen) atoms. The van der Waals surface area contributed by atoms with Gasteiger partial charge in [-0.2, -0.15) is 0 Å². The molecule has 3 atom stereocenters. The van der Waals surface area contributed by atoms with Crippen molar-refractivity contribution >= 4 is 12.0 Å². The summed E-state index contributed by atoms with van der Waals surface area (Å²) in [6.45, 7) is 7.39. The molecule has 5 heteroatoms. The molecule has 1 fully saturated rings. The van der Waals surface area contributed by atoms with E-state index in [1.165, 1.54) is 0 Å². The van der Waals surface area contributed by atoms with Gasteiger partial charge in [-0.15, -0.1) is 0 Å². The summed E-state index contributed by atoms with van der Waals surface area (Å²) in [6, 6.07) is -1.02. The first-order valence-electron chi connectivity index (χ1n) is 7.27. The molecule has 2 amide bonds. The summed E-state index contributed by atoms with van der Waals surface area (Å²) in [6.07, 6.45) is 3.97. The number of rotatable bonds is 5. The molecule has 0 aromatic heterocycles. The van der Waals surface area contributed by atoms with Crippen molar-refractivity contribution in [1.29, 1.82) is 0 Å². The van der Waals surface area contributed by atoms with E-state index in [-0.39, 0.29) is 11.9 Å². The van der Waals surface area contributed by atoms with Crippen LogP contribution in [0.3, 0.4) is 0 Å². The largest absolute Gasteiger partial charge is 0.480 e. The average Bonchev–Trinajstić information content (AvgIpc) is 2.43. The van der Waals surface area contributed by atoms with Crippen LogP contribution in [-0.2, 0) is 4.79 Å². The third-order valence-corrected chi connectivity index (χ3v) is 4.14. The normalized spacial score (nSPS) is 22.7. The van der Waals surface area contributed by atoms with Crippen molar-refractivity contribution in [3.8, 4) is 0 Å². The van der Waals surface area contributed by atoms with Crippen LogP contribution in [0.15, 0.2) is 0 Å². The van der Waals surface area contributed by atoms with Gasteiger partial charge in [0.05, 0.1) is 0 Å². The lowest BCUT2D eigenvalue weighted by molar-refractivity contribution is -0.140. The van der Waals surface area contributed by atoms with Crippen molar-refractivity contribution in [1.82, 2.24) is 10.2 Å². The lowest BCUT2D eigenvalue weighted by Crippen LogP contribution is -2.52. The Morgan fingerprint density at radius 1 is 1.42 bits per heavy atom. The molecule has 1 aliphatic heterocycles. The van der Waals surface area contributed by atoms with Crippen LogP contribution in [0.25, 0.3) is 0 Å². The Labute approximate surface area is 115 Å². The molecule has 2 N–H and O–H groups in total. The highest BCUT2D eigenvalue weighted by Gasteiger charge is 2.29. The number of carbonyl (C=O) groups excluding carboxylic acids is 1. The summed E-state index contributed by atoms with van der Waals surface area (Å²) < 4.78 is 0. The van der Waals surface area contributed by atoms with E-state index in [1.54, 1.807) is 4.90 Å². The van der Waals surface area contributed by atoms with Gasteiger partial charge in [-0.25, -0.2) is 9.59 Å². The van der Waals surface area contributed by atoms with Crippen molar-refractivity contribution in [3.05, 3.63) is 0 Å². The monoisotopic (exact) mass is 270 g/mol. The van der Waals surface area contributed by atoms with Gasteiger partial charge in [-0.05, 0) is 24.7 Å². The van der Waals surface area contributed by atoms with Crippen LogP contribution in [-0.4, -0.2) is 41.1 Å². The topological polar surface area (TPSA) is 69.6 Å². The number of hydrogen-bond acceptors (Lipinski definition) is 2. The molecule has 0 aliphatic carbocycles. The first-order valence-corrected chi connectivity index (χ1v) is 7.27. The molecule has 110 valence electrons. The van der Waals surface area contributed by atoms with Gasteiger partial charge >= 0.3 is 12.0 Å². The molecule has 5 nitrogen and oxygen atoms in total. The Balaban J connectivity index is 2.58. The van der Waals surface area contributed by atoms with Crippen molar-refractivity contribution in [2.75, 3.05) is 13.1 Å². The Kier molecular flexibility index (Phi) is 6.12. The van der Waals surface area contributed by atoms with Crippen LogP contribution in [0.1, 0.15) is 46.5 Å². The van der Waals surface area contributed by atoms with Crippen LogP contribution in [0.5, 0.6) is 0 Å². The van der Waals surface area contributed by atoms with Gasteiger partial charge in [0.25, 0.3) is 0 Å². The maximum Gasteiger partial charge on any atom is 0.326 e. The molecular formula is C14H26N2O3. The van der Waals surface area contributed by atoms with Crippen molar-refractivity contribution in [2.45, 2.75) is 52.5 Å². The second kappa shape index (κ2) is 7.36. The van der Waals surface area contributed by atoms with Gasteiger partial charge in [0.2, 0.25) is 0 Å². The predicted molar refractivity (Wildman–Crippen MR) is 74.0 cm³/mol. The fourth-order valence-electron chi connectivity index (χ4n) is 2.49. The number of aliphatic carboxylic acids is 1. The zero-order valence-electron chi connectivity index (χ0n) is 12.2. The standard InChI is InChI=1S/C14H26N2O3/c1-4-10(3)12(13(17)18)15-14(19)16-8-6-7-11(5-2)9-16/h10-12H,4-9H2,1-3H3,(H,15,19)(H,17,18)/t10-,11?,12-/m0/s1. The quantitative estimate of drug-likeness (QED) is 0.805. The zero-order valence-corrected chi connectivity index (χ0v) is 12.2. The van der Waals surface area contributed by atoms with Crippen molar-refractivity contribution in [3.63, 3.8) is 0 Å². The number of likely N-dealkylation sites (tertiary alicyclic amines) is 1. The molecule has 1 unspecified atom stereocenters. The molecule has 0 aromatic rings. The van der Waals surface area contributed by atoms with E-state index in [0.717, 1.165) is 38.8 Å². The zero-order chi connectivity index (χ0) is 14.4. The van der Waals surface area contributed by atoms with Crippen molar-refractivity contribution < 1.29 is 14.7 Å². The van der Waals surface area contributed by atoms with E-state index in [9.17, 15) is 14.7 Å². The minimum absolute atomic E-state index is 0.0618. The van der Waals surface area contributed by atoms with E-state index in [4.69, 9.17) is 0 Å². The summed E-state index contributed by atoms with van der Waals surface area (Å²) >= 11 is 0. The Hall–Kier alpha value is -1.26. The van der Waals surface area contributed by atoms with Crippen LogP contribution >= 0.6 is 0 Å². The Morgan fingerprint density at radius 3 is 2.63 bits per heavy atom. The first-order chi connectivity index (χ1) is 8.99. The minimum atomic E-state index is -0.952.